The Morgan fingerprint density at radius 1 is 1.23 bits per heavy atom. The molecule has 0 radical (unpaired) electrons. The molecule has 1 aromatic carbocycles. The highest BCUT2D eigenvalue weighted by Gasteiger charge is 2.21. The van der Waals surface area contributed by atoms with Crippen molar-refractivity contribution in [3.63, 3.8) is 0 Å². The number of carbonyl (C=O) groups excluding carboxylic acids is 1. The van der Waals surface area contributed by atoms with Gasteiger partial charge in [0.2, 0.25) is 15.9 Å². The summed E-state index contributed by atoms with van der Waals surface area (Å²) in [6.45, 7) is 0.327. The molecule has 1 aliphatic carbocycles. The molecule has 0 aromatic heterocycles. The molecule has 5 nitrogen and oxygen atoms in total. The molecule has 0 atom stereocenters. The van der Waals surface area contributed by atoms with E-state index in [2.05, 4.69) is 5.32 Å². The second kappa shape index (κ2) is 7.74. The second-order valence-corrected chi connectivity index (χ2v) is 8.05. The van der Waals surface area contributed by atoms with Crippen molar-refractivity contribution in [3.8, 4) is 0 Å². The Kier molecular flexibility index (Phi) is 5.97. The number of sulfonamides is 1. The normalized spacial score (nSPS) is 16.1. The number of carbonyl (C=O) groups is 1. The third-order valence-corrected chi connectivity index (χ3v) is 5.83. The van der Waals surface area contributed by atoms with Gasteiger partial charge in [0.1, 0.15) is 0 Å². The first-order chi connectivity index (χ1) is 10.5. The predicted octanol–water partition coefficient (Wildman–Crippen LogP) is 1.90. The van der Waals surface area contributed by atoms with Crippen LogP contribution in [0.2, 0.25) is 0 Å². The molecule has 122 valence electrons. The maximum atomic E-state index is 12.2. The van der Waals surface area contributed by atoms with E-state index in [1.807, 2.05) is 30.3 Å². The zero-order valence-electron chi connectivity index (χ0n) is 13.0. The van der Waals surface area contributed by atoms with Crippen LogP contribution in [0.1, 0.15) is 37.7 Å². The lowest BCUT2D eigenvalue weighted by Crippen LogP contribution is -2.35. The lowest BCUT2D eigenvalue weighted by molar-refractivity contribution is -0.121. The molecule has 0 saturated heterocycles. The molecule has 1 saturated carbocycles. The number of rotatable bonds is 7. The van der Waals surface area contributed by atoms with E-state index in [1.165, 1.54) is 4.31 Å². The molecule has 0 spiro atoms. The fraction of sp³-hybridized carbons (Fsp3) is 0.562. The maximum absolute atomic E-state index is 12.2. The quantitative estimate of drug-likeness (QED) is 0.833. The van der Waals surface area contributed by atoms with Gasteiger partial charge in [-0.05, 0) is 18.4 Å². The first kappa shape index (κ1) is 17.0. The molecule has 0 heterocycles. The van der Waals surface area contributed by atoms with Crippen LogP contribution in [0.4, 0.5) is 0 Å². The van der Waals surface area contributed by atoms with Crippen LogP contribution in [0, 0.1) is 0 Å². The topological polar surface area (TPSA) is 66.5 Å². The summed E-state index contributed by atoms with van der Waals surface area (Å²) in [5, 5.41) is 2.92. The highest BCUT2D eigenvalue weighted by Crippen LogP contribution is 2.17. The van der Waals surface area contributed by atoms with E-state index < -0.39 is 10.0 Å². The Morgan fingerprint density at radius 2 is 1.86 bits per heavy atom. The number of benzene rings is 1. The van der Waals surface area contributed by atoms with E-state index >= 15 is 0 Å². The van der Waals surface area contributed by atoms with Gasteiger partial charge in [0, 0.05) is 26.1 Å². The summed E-state index contributed by atoms with van der Waals surface area (Å²) in [4.78, 5) is 11.8. The van der Waals surface area contributed by atoms with Crippen molar-refractivity contribution in [2.75, 3.05) is 12.8 Å². The van der Waals surface area contributed by atoms with Crippen LogP contribution in [0.25, 0.3) is 0 Å². The van der Waals surface area contributed by atoms with E-state index in [0.717, 1.165) is 31.2 Å². The van der Waals surface area contributed by atoms with Gasteiger partial charge in [-0.25, -0.2) is 12.7 Å². The van der Waals surface area contributed by atoms with Crippen LogP contribution >= 0.6 is 0 Å². The predicted molar refractivity (Wildman–Crippen MR) is 86.7 cm³/mol. The van der Waals surface area contributed by atoms with Gasteiger partial charge in [0.25, 0.3) is 0 Å². The van der Waals surface area contributed by atoms with E-state index in [0.29, 0.717) is 6.54 Å². The third-order valence-electron chi connectivity index (χ3n) is 4.03. The minimum atomic E-state index is -3.41. The third kappa shape index (κ3) is 5.10. The first-order valence-corrected chi connectivity index (χ1v) is 9.35. The maximum Gasteiger partial charge on any atom is 0.221 e. The van der Waals surface area contributed by atoms with E-state index in [1.54, 1.807) is 7.05 Å². The molecule has 1 fully saturated rings. The standard InChI is InChI=1S/C16H24N2O3S/c1-18(13-14-7-3-2-4-8-14)22(20,21)12-11-16(19)17-15-9-5-6-10-15/h2-4,7-8,15H,5-6,9-13H2,1H3,(H,17,19). The number of nitrogens with zero attached hydrogens (tertiary/aromatic N) is 1. The Balaban J connectivity index is 1.80. The molecule has 1 aromatic rings. The summed E-state index contributed by atoms with van der Waals surface area (Å²) >= 11 is 0. The van der Waals surface area contributed by atoms with Crippen LogP contribution in [-0.4, -0.2) is 37.5 Å². The van der Waals surface area contributed by atoms with Gasteiger partial charge in [-0.1, -0.05) is 43.2 Å². The van der Waals surface area contributed by atoms with Crippen molar-refractivity contribution in [3.05, 3.63) is 35.9 Å². The fourth-order valence-electron chi connectivity index (χ4n) is 2.69. The Labute approximate surface area is 132 Å². The average Bonchev–Trinajstić information content (AvgIpc) is 2.99. The first-order valence-electron chi connectivity index (χ1n) is 7.75. The van der Waals surface area contributed by atoms with Crippen LogP contribution in [-0.2, 0) is 21.4 Å². The van der Waals surface area contributed by atoms with Crippen LogP contribution in [0.3, 0.4) is 0 Å². The highest BCUT2D eigenvalue weighted by molar-refractivity contribution is 7.89. The summed E-state index contributed by atoms with van der Waals surface area (Å²) in [6.07, 6.45) is 4.32. The highest BCUT2D eigenvalue weighted by atomic mass is 32.2. The molecular weight excluding hydrogens is 300 g/mol. The van der Waals surface area contributed by atoms with E-state index in [9.17, 15) is 13.2 Å². The molecule has 2 rings (SSSR count). The summed E-state index contributed by atoms with van der Waals surface area (Å²) in [6, 6.07) is 9.66. The summed E-state index contributed by atoms with van der Waals surface area (Å²) in [7, 11) is -1.86. The minimum Gasteiger partial charge on any atom is -0.353 e. The van der Waals surface area contributed by atoms with Crippen molar-refractivity contribution in [2.24, 2.45) is 0 Å². The van der Waals surface area contributed by atoms with Gasteiger partial charge in [0.05, 0.1) is 5.75 Å². The van der Waals surface area contributed by atoms with Crippen molar-refractivity contribution in [1.82, 2.24) is 9.62 Å². The zero-order chi connectivity index (χ0) is 16.0. The van der Waals surface area contributed by atoms with Crippen molar-refractivity contribution >= 4 is 15.9 Å². The van der Waals surface area contributed by atoms with Crippen LogP contribution in [0.15, 0.2) is 30.3 Å². The van der Waals surface area contributed by atoms with Gasteiger partial charge in [-0.15, -0.1) is 0 Å². The second-order valence-electron chi connectivity index (χ2n) is 5.86. The van der Waals surface area contributed by atoms with Gasteiger partial charge in [-0.2, -0.15) is 0 Å². The molecule has 1 N–H and O–H groups in total. The van der Waals surface area contributed by atoms with Crippen molar-refractivity contribution in [2.45, 2.75) is 44.7 Å². The molecule has 22 heavy (non-hydrogen) atoms. The molecule has 0 bridgehead atoms. The van der Waals surface area contributed by atoms with Gasteiger partial charge >= 0.3 is 0 Å². The average molecular weight is 324 g/mol. The molecule has 1 aliphatic rings. The lowest BCUT2D eigenvalue weighted by atomic mass is 10.2. The molecule has 0 unspecified atom stereocenters. The Bertz CT molecular complexity index is 581. The van der Waals surface area contributed by atoms with Crippen molar-refractivity contribution in [1.29, 1.82) is 0 Å². The van der Waals surface area contributed by atoms with Gasteiger partial charge in [0.15, 0.2) is 0 Å². The van der Waals surface area contributed by atoms with E-state index in [-0.39, 0.29) is 24.1 Å². The van der Waals surface area contributed by atoms with Crippen molar-refractivity contribution < 1.29 is 13.2 Å². The Morgan fingerprint density at radius 3 is 2.50 bits per heavy atom. The number of nitrogens with one attached hydrogen (secondary N) is 1. The monoisotopic (exact) mass is 324 g/mol. The number of hydrogen-bond acceptors (Lipinski definition) is 3. The number of hydrogen-bond donors (Lipinski definition) is 1. The molecule has 0 aliphatic heterocycles. The summed E-state index contributed by atoms with van der Waals surface area (Å²) < 4.78 is 25.8. The summed E-state index contributed by atoms with van der Waals surface area (Å²) in [5.74, 6) is -0.307. The minimum absolute atomic E-state index is 0.0258. The van der Waals surface area contributed by atoms with Gasteiger partial charge in [-0.3, -0.25) is 4.79 Å². The molecular formula is C16H24N2O3S. The Hall–Kier alpha value is -1.40. The molecule has 1 amide bonds. The smallest absolute Gasteiger partial charge is 0.221 e. The molecule has 6 heteroatoms. The SMILES string of the molecule is CN(Cc1ccccc1)S(=O)(=O)CCC(=O)NC1CCCC1. The van der Waals surface area contributed by atoms with Gasteiger partial charge < -0.3 is 5.32 Å². The summed E-state index contributed by atoms with van der Waals surface area (Å²) in [5.41, 5.74) is 0.934. The zero-order valence-corrected chi connectivity index (χ0v) is 13.8. The van der Waals surface area contributed by atoms with Crippen LogP contribution < -0.4 is 5.32 Å². The lowest BCUT2D eigenvalue weighted by Gasteiger charge is -2.17. The van der Waals surface area contributed by atoms with E-state index in [4.69, 9.17) is 0 Å². The largest absolute Gasteiger partial charge is 0.353 e. The number of amides is 1. The van der Waals surface area contributed by atoms with Crippen LogP contribution in [0.5, 0.6) is 0 Å². The fourth-order valence-corrected chi connectivity index (χ4v) is 3.79.